The predicted molar refractivity (Wildman–Crippen MR) is 60.4 cm³/mol. The zero-order valence-electron chi connectivity index (χ0n) is 9.07. The second-order valence-electron chi connectivity index (χ2n) is 3.19. The van der Waals surface area contributed by atoms with Gasteiger partial charge in [-0.2, -0.15) is 4.98 Å². The van der Waals surface area contributed by atoms with E-state index in [1.54, 1.807) is 0 Å². The number of nitrogen functional groups attached to an aromatic ring is 1. The van der Waals surface area contributed by atoms with E-state index < -0.39 is 10.0 Å². The number of pyridine rings is 1. The summed E-state index contributed by atoms with van der Waals surface area (Å²) in [6, 6.07) is 1.45. The van der Waals surface area contributed by atoms with Crippen LogP contribution in [-0.4, -0.2) is 23.5 Å². The maximum atomic E-state index is 12.0. The monoisotopic (exact) mass is 270 g/mol. The third-order valence-electron chi connectivity index (χ3n) is 2.06. The van der Waals surface area contributed by atoms with Crippen molar-refractivity contribution in [2.45, 2.75) is 11.4 Å². The van der Waals surface area contributed by atoms with Gasteiger partial charge >= 0.3 is 0 Å². The lowest BCUT2D eigenvalue weighted by atomic mass is 10.4. The molecule has 0 aliphatic rings. The zero-order valence-corrected chi connectivity index (χ0v) is 9.88. The molecule has 0 unspecified atom stereocenters. The lowest BCUT2D eigenvalue weighted by Crippen LogP contribution is -2.25. The predicted octanol–water partition coefficient (Wildman–Crippen LogP) is -0.771. The summed E-state index contributed by atoms with van der Waals surface area (Å²) < 4.78 is 30.7. The summed E-state index contributed by atoms with van der Waals surface area (Å²) in [5, 5.41) is 3.49. The second-order valence-corrected chi connectivity index (χ2v) is 4.92. The van der Waals surface area contributed by atoms with Crippen LogP contribution >= 0.6 is 0 Å². The van der Waals surface area contributed by atoms with E-state index in [2.05, 4.69) is 29.8 Å². The number of rotatable bonds is 5. The van der Waals surface area contributed by atoms with Crippen molar-refractivity contribution in [3.05, 3.63) is 30.7 Å². The average Bonchev–Trinajstić information content (AvgIpc) is 2.89. The molecule has 0 bridgehead atoms. The van der Waals surface area contributed by atoms with Crippen LogP contribution in [0.4, 0.5) is 5.69 Å². The molecule has 0 amide bonds. The average molecular weight is 270 g/mol. The van der Waals surface area contributed by atoms with Crippen LogP contribution in [0.1, 0.15) is 5.82 Å². The Morgan fingerprint density at radius 1 is 1.44 bits per heavy atom. The maximum absolute atomic E-state index is 12.0. The minimum Gasteiger partial charge on any atom is -0.343 e. The fraction of sp³-hybridized carbons (Fsp3) is 0.125. The Kier molecular flexibility index (Phi) is 3.50. The number of hydrogen-bond donors (Lipinski definition) is 3. The van der Waals surface area contributed by atoms with Crippen LogP contribution in [-0.2, 0) is 16.6 Å². The van der Waals surface area contributed by atoms with Crippen molar-refractivity contribution in [2.75, 3.05) is 5.43 Å². The largest absolute Gasteiger partial charge is 0.343 e. The van der Waals surface area contributed by atoms with E-state index in [1.807, 2.05) is 0 Å². The van der Waals surface area contributed by atoms with Gasteiger partial charge in [0.15, 0.2) is 5.82 Å². The minimum atomic E-state index is -3.76. The number of hydrogen-bond acceptors (Lipinski definition) is 8. The van der Waals surface area contributed by atoms with Crippen LogP contribution in [0.3, 0.4) is 0 Å². The van der Waals surface area contributed by atoms with Crippen LogP contribution < -0.4 is 16.0 Å². The normalized spacial score (nSPS) is 11.4. The summed E-state index contributed by atoms with van der Waals surface area (Å²) in [6.45, 7) is -0.0856. The highest BCUT2D eigenvalue weighted by molar-refractivity contribution is 7.89. The second kappa shape index (κ2) is 5.08. The summed E-state index contributed by atoms with van der Waals surface area (Å²) in [5.74, 6) is 5.45. The molecule has 0 spiro atoms. The Bertz CT molecular complexity index is 612. The van der Waals surface area contributed by atoms with E-state index in [-0.39, 0.29) is 23.0 Å². The first-order valence-electron chi connectivity index (χ1n) is 4.79. The van der Waals surface area contributed by atoms with Gasteiger partial charge in [-0.15, -0.1) is 0 Å². The van der Waals surface area contributed by atoms with Gasteiger partial charge in [0.1, 0.15) is 4.90 Å². The number of aromatic nitrogens is 3. The van der Waals surface area contributed by atoms with Gasteiger partial charge < -0.3 is 9.95 Å². The summed E-state index contributed by atoms with van der Waals surface area (Å²) in [4.78, 5) is 7.38. The van der Waals surface area contributed by atoms with E-state index in [1.165, 1.54) is 18.5 Å². The Labute approximate surface area is 102 Å². The first-order chi connectivity index (χ1) is 8.63. The van der Waals surface area contributed by atoms with Crippen LogP contribution in [0.15, 0.2) is 34.3 Å². The lowest BCUT2D eigenvalue weighted by molar-refractivity contribution is 0.409. The maximum Gasteiger partial charge on any atom is 0.244 e. The molecule has 9 nitrogen and oxygen atoms in total. The van der Waals surface area contributed by atoms with Gasteiger partial charge in [-0.05, 0) is 6.07 Å². The molecule has 0 aliphatic heterocycles. The zero-order chi connectivity index (χ0) is 13.0. The first kappa shape index (κ1) is 12.4. The molecular formula is C8H10N6O3S. The third kappa shape index (κ3) is 2.61. The molecule has 0 aromatic carbocycles. The minimum absolute atomic E-state index is 0.0593. The van der Waals surface area contributed by atoms with Crippen LogP contribution in [0.2, 0.25) is 0 Å². The van der Waals surface area contributed by atoms with Gasteiger partial charge in [0.25, 0.3) is 0 Å². The highest BCUT2D eigenvalue weighted by atomic mass is 32.2. The van der Waals surface area contributed by atoms with Gasteiger partial charge in [0, 0.05) is 12.4 Å². The molecule has 2 aromatic rings. The van der Waals surface area contributed by atoms with Crippen molar-refractivity contribution in [3.63, 3.8) is 0 Å². The standard InChI is InChI=1S/C8H10N6O3S/c9-13-6-1-2-10-3-7(6)18(15,16)12-4-8-11-5-17-14-8/h1-3,5,12H,4,9H2,(H,10,13). The molecule has 0 fully saturated rings. The van der Waals surface area contributed by atoms with E-state index in [0.717, 1.165) is 6.39 Å². The van der Waals surface area contributed by atoms with Gasteiger partial charge in [-0.3, -0.25) is 10.8 Å². The van der Waals surface area contributed by atoms with Crippen LogP contribution in [0.5, 0.6) is 0 Å². The Morgan fingerprint density at radius 2 is 2.28 bits per heavy atom. The summed E-state index contributed by atoms with van der Waals surface area (Å²) >= 11 is 0. The molecule has 2 rings (SSSR count). The van der Waals surface area contributed by atoms with Crippen LogP contribution in [0, 0.1) is 0 Å². The Hall–Kier alpha value is -2.04. The molecule has 18 heavy (non-hydrogen) atoms. The van der Waals surface area contributed by atoms with Gasteiger partial charge in [0.2, 0.25) is 16.4 Å². The molecule has 0 radical (unpaired) electrons. The molecule has 2 aromatic heterocycles. The summed E-state index contributed by atoms with van der Waals surface area (Å²) in [7, 11) is -3.76. The molecule has 0 saturated carbocycles. The fourth-order valence-corrected chi connectivity index (χ4v) is 2.31. The highest BCUT2D eigenvalue weighted by Gasteiger charge is 2.18. The number of nitrogens with one attached hydrogen (secondary N) is 2. The van der Waals surface area contributed by atoms with Crippen molar-refractivity contribution in [1.82, 2.24) is 19.8 Å². The smallest absolute Gasteiger partial charge is 0.244 e. The Balaban J connectivity index is 2.20. The van der Waals surface area contributed by atoms with E-state index in [0.29, 0.717) is 0 Å². The molecule has 4 N–H and O–H groups in total. The fourth-order valence-electron chi connectivity index (χ4n) is 1.22. The molecular weight excluding hydrogens is 260 g/mol. The molecule has 0 aliphatic carbocycles. The lowest BCUT2D eigenvalue weighted by Gasteiger charge is -2.08. The van der Waals surface area contributed by atoms with Crippen molar-refractivity contribution >= 4 is 15.7 Å². The number of nitrogens with zero attached hydrogens (tertiary/aromatic N) is 3. The molecule has 0 saturated heterocycles. The SMILES string of the molecule is NNc1ccncc1S(=O)(=O)NCc1ncon1. The summed E-state index contributed by atoms with van der Waals surface area (Å²) in [5.41, 5.74) is 2.53. The van der Waals surface area contributed by atoms with Crippen molar-refractivity contribution < 1.29 is 12.9 Å². The number of sulfonamides is 1. The van der Waals surface area contributed by atoms with Crippen molar-refractivity contribution in [2.24, 2.45) is 5.84 Å². The van der Waals surface area contributed by atoms with Crippen LogP contribution in [0.25, 0.3) is 0 Å². The summed E-state index contributed by atoms with van der Waals surface area (Å²) in [6.07, 6.45) is 3.72. The van der Waals surface area contributed by atoms with E-state index >= 15 is 0 Å². The third-order valence-corrected chi connectivity index (χ3v) is 3.49. The van der Waals surface area contributed by atoms with E-state index in [9.17, 15) is 8.42 Å². The number of nitrogens with two attached hydrogens (primary N) is 1. The molecule has 96 valence electrons. The topological polar surface area (TPSA) is 136 Å². The molecule has 10 heteroatoms. The molecule has 2 heterocycles. The van der Waals surface area contributed by atoms with Crippen molar-refractivity contribution in [3.8, 4) is 0 Å². The Morgan fingerprint density at radius 3 is 2.94 bits per heavy atom. The van der Waals surface area contributed by atoms with Gasteiger partial charge in [0.05, 0.1) is 12.2 Å². The molecule has 0 atom stereocenters. The quantitative estimate of drug-likeness (QED) is 0.476. The first-order valence-corrected chi connectivity index (χ1v) is 6.27. The van der Waals surface area contributed by atoms with Crippen molar-refractivity contribution in [1.29, 1.82) is 0 Å². The van der Waals surface area contributed by atoms with Gasteiger partial charge in [-0.1, -0.05) is 5.16 Å². The number of anilines is 1. The van der Waals surface area contributed by atoms with Gasteiger partial charge in [-0.25, -0.2) is 13.1 Å². The number of hydrazine groups is 1. The highest BCUT2D eigenvalue weighted by Crippen LogP contribution is 2.17. The van der Waals surface area contributed by atoms with E-state index in [4.69, 9.17) is 5.84 Å².